The first-order chi connectivity index (χ1) is 8.93. The summed E-state index contributed by atoms with van der Waals surface area (Å²) >= 11 is 0. The number of rotatable bonds is 3. The number of carbonyl (C=O) groups excluding carboxylic acids is 1. The topological polar surface area (TPSA) is 128 Å². The Morgan fingerprint density at radius 1 is 1.11 bits per heavy atom. The van der Waals surface area contributed by atoms with Gasteiger partial charge in [-0.05, 0) is 13.0 Å². The summed E-state index contributed by atoms with van der Waals surface area (Å²) < 4.78 is 0. The smallest absolute Gasteiger partial charge is 0.265 e. The molecule has 0 spiro atoms. The first-order valence-electron chi connectivity index (χ1n) is 5.02. The molecule has 19 heavy (non-hydrogen) atoms. The fraction of sp³-hybridized carbons (Fsp3) is 0.100. The standard InChI is InChI=1S/C10H6N4O5/c1-5-8(10(15)12-11-5)6-3-2-4-7(13(16)17)9(6)14(18)19/h2-4H,1H3. The zero-order valence-electron chi connectivity index (χ0n) is 9.56. The van der Waals surface area contributed by atoms with E-state index in [2.05, 4.69) is 10.2 Å². The van der Waals surface area contributed by atoms with Crippen molar-refractivity contribution >= 4 is 22.9 Å². The van der Waals surface area contributed by atoms with Crippen molar-refractivity contribution in [2.24, 2.45) is 10.2 Å². The number of hydrogen-bond donors (Lipinski definition) is 0. The van der Waals surface area contributed by atoms with Crippen LogP contribution in [0.4, 0.5) is 11.4 Å². The van der Waals surface area contributed by atoms with Crippen molar-refractivity contribution in [3.63, 3.8) is 0 Å². The van der Waals surface area contributed by atoms with Gasteiger partial charge in [0.15, 0.2) is 0 Å². The Kier molecular flexibility index (Phi) is 2.87. The van der Waals surface area contributed by atoms with Gasteiger partial charge in [-0.1, -0.05) is 6.07 Å². The van der Waals surface area contributed by atoms with E-state index in [9.17, 15) is 25.0 Å². The van der Waals surface area contributed by atoms with E-state index in [0.29, 0.717) is 0 Å². The van der Waals surface area contributed by atoms with E-state index in [0.717, 1.165) is 6.07 Å². The molecule has 9 nitrogen and oxygen atoms in total. The average Bonchev–Trinajstić information content (AvgIpc) is 2.67. The van der Waals surface area contributed by atoms with Crippen LogP contribution in [0, 0.1) is 20.2 Å². The lowest BCUT2D eigenvalue weighted by atomic mass is 10.0. The maximum atomic E-state index is 11.5. The van der Waals surface area contributed by atoms with Gasteiger partial charge in [-0.2, -0.15) is 5.11 Å². The first-order valence-corrected chi connectivity index (χ1v) is 5.02. The number of nitro benzene ring substituents is 2. The lowest BCUT2D eigenvalue weighted by Gasteiger charge is -2.03. The zero-order chi connectivity index (χ0) is 14.2. The molecule has 1 aromatic rings. The van der Waals surface area contributed by atoms with Crippen molar-refractivity contribution in [2.45, 2.75) is 6.92 Å². The van der Waals surface area contributed by atoms with Crippen molar-refractivity contribution in [3.8, 4) is 0 Å². The predicted molar refractivity (Wildman–Crippen MR) is 62.2 cm³/mol. The van der Waals surface area contributed by atoms with Crippen LogP contribution in [-0.4, -0.2) is 15.8 Å². The molecule has 0 fully saturated rings. The van der Waals surface area contributed by atoms with E-state index in [1.165, 1.54) is 19.1 Å². The number of nitro groups is 2. The van der Waals surface area contributed by atoms with Gasteiger partial charge in [0.25, 0.3) is 5.91 Å². The molecule has 0 atom stereocenters. The molecule has 0 aromatic heterocycles. The highest BCUT2D eigenvalue weighted by Crippen LogP contribution is 2.38. The molecule has 0 unspecified atom stereocenters. The fourth-order valence-corrected chi connectivity index (χ4v) is 1.76. The minimum Gasteiger partial charge on any atom is -0.265 e. The number of para-hydroxylation sites is 1. The fourth-order valence-electron chi connectivity index (χ4n) is 1.76. The molecular weight excluding hydrogens is 256 g/mol. The van der Waals surface area contributed by atoms with E-state index < -0.39 is 27.1 Å². The molecule has 1 aliphatic rings. The minimum atomic E-state index is -0.890. The third kappa shape index (κ3) is 1.97. The monoisotopic (exact) mass is 262 g/mol. The van der Waals surface area contributed by atoms with Gasteiger partial charge in [0, 0.05) is 6.07 Å². The Morgan fingerprint density at radius 3 is 2.26 bits per heavy atom. The van der Waals surface area contributed by atoms with E-state index >= 15 is 0 Å². The summed E-state index contributed by atoms with van der Waals surface area (Å²) in [5, 5.41) is 28.6. The average molecular weight is 262 g/mol. The van der Waals surface area contributed by atoms with Crippen LogP contribution in [0.2, 0.25) is 0 Å². The second kappa shape index (κ2) is 4.37. The first kappa shape index (κ1) is 12.5. The normalized spacial score (nSPS) is 14.1. The second-order valence-electron chi connectivity index (χ2n) is 3.65. The van der Waals surface area contributed by atoms with Crippen molar-refractivity contribution in [3.05, 3.63) is 49.7 Å². The summed E-state index contributed by atoms with van der Waals surface area (Å²) in [5.74, 6) is -0.749. The number of hydrogen-bond acceptors (Lipinski definition) is 6. The maximum Gasteiger partial charge on any atom is 0.354 e. The van der Waals surface area contributed by atoms with Crippen LogP contribution < -0.4 is 0 Å². The van der Waals surface area contributed by atoms with Gasteiger partial charge < -0.3 is 0 Å². The Morgan fingerprint density at radius 2 is 1.79 bits per heavy atom. The van der Waals surface area contributed by atoms with Crippen LogP contribution in [0.25, 0.3) is 5.57 Å². The van der Waals surface area contributed by atoms with Gasteiger partial charge >= 0.3 is 11.4 Å². The third-order valence-corrected chi connectivity index (χ3v) is 2.53. The molecule has 0 radical (unpaired) electrons. The largest absolute Gasteiger partial charge is 0.354 e. The van der Waals surface area contributed by atoms with Gasteiger partial charge in [-0.15, -0.1) is 5.11 Å². The molecule has 0 aliphatic carbocycles. The molecule has 1 heterocycles. The molecular formula is C10H6N4O5. The van der Waals surface area contributed by atoms with Gasteiger partial charge in [0.05, 0.1) is 26.7 Å². The Balaban J connectivity index is 2.76. The van der Waals surface area contributed by atoms with Crippen molar-refractivity contribution in [1.29, 1.82) is 0 Å². The molecule has 0 saturated heterocycles. The van der Waals surface area contributed by atoms with Gasteiger partial charge in [-0.25, -0.2) is 0 Å². The summed E-state index contributed by atoms with van der Waals surface area (Å²) in [7, 11) is 0. The molecule has 1 amide bonds. The molecule has 0 bridgehead atoms. The molecule has 9 heteroatoms. The zero-order valence-corrected chi connectivity index (χ0v) is 9.56. The minimum absolute atomic E-state index is 0.0876. The lowest BCUT2D eigenvalue weighted by Crippen LogP contribution is -2.04. The molecule has 0 saturated carbocycles. The van der Waals surface area contributed by atoms with Crippen molar-refractivity contribution < 1.29 is 14.6 Å². The number of allylic oxidation sites excluding steroid dienone is 1. The molecule has 0 N–H and O–H groups in total. The Bertz CT molecular complexity index is 676. The molecule has 96 valence electrons. The highest BCUT2D eigenvalue weighted by atomic mass is 16.6. The predicted octanol–water partition coefficient (Wildman–Crippen LogP) is 2.23. The van der Waals surface area contributed by atoms with Crippen LogP contribution in [-0.2, 0) is 4.79 Å². The number of nitrogens with zero attached hydrogens (tertiary/aromatic N) is 4. The van der Waals surface area contributed by atoms with Gasteiger partial charge in [-0.3, -0.25) is 25.0 Å². The second-order valence-corrected chi connectivity index (χ2v) is 3.65. The number of benzene rings is 1. The van der Waals surface area contributed by atoms with Crippen molar-refractivity contribution in [2.75, 3.05) is 0 Å². The number of azo groups is 1. The number of carbonyl (C=O) groups is 1. The van der Waals surface area contributed by atoms with Crippen molar-refractivity contribution in [1.82, 2.24) is 0 Å². The molecule has 2 rings (SSSR count). The van der Waals surface area contributed by atoms with Crippen LogP contribution in [0.5, 0.6) is 0 Å². The summed E-state index contributed by atoms with van der Waals surface area (Å²) in [6.07, 6.45) is 0. The summed E-state index contributed by atoms with van der Waals surface area (Å²) in [6.45, 7) is 1.45. The van der Waals surface area contributed by atoms with Gasteiger partial charge in [0.2, 0.25) is 0 Å². The van der Waals surface area contributed by atoms with E-state index in [-0.39, 0.29) is 16.8 Å². The maximum absolute atomic E-state index is 11.5. The van der Waals surface area contributed by atoms with E-state index in [1.54, 1.807) is 0 Å². The summed E-state index contributed by atoms with van der Waals surface area (Å²) in [4.78, 5) is 31.6. The molecule has 1 aliphatic heterocycles. The third-order valence-electron chi connectivity index (χ3n) is 2.53. The van der Waals surface area contributed by atoms with Crippen LogP contribution in [0.15, 0.2) is 34.1 Å². The SMILES string of the molecule is CC1=C(c2cccc([N+](=O)[O-])c2[N+](=O)[O-])C(=O)N=N1. The quantitative estimate of drug-likeness (QED) is 0.609. The van der Waals surface area contributed by atoms with E-state index in [1.807, 2.05) is 0 Å². The Labute approximate surface area is 105 Å². The highest BCUT2D eigenvalue weighted by molar-refractivity contribution is 6.23. The molecule has 1 aromatic carbocycles. The Hall–Kier alpha value is -2.97. The van der Waals surface area contributed by atoms with Gasteiger partial charge in [0.1, 0.15) is 0 Å². The highest BCUT2D eigenvalue weighted by Gasteiger charge is 2.34. The number of amides is 1. The van der Waals surface area contributed by atoms with Crippen LogP contribution in [0.1, 0.15) is 12.5 Å². The summed E-state index contributed by atoms with van der Waals surface area (Å²) in [6, 6.07) is 3.54. The van der Waals surface area contributed by atoms with E-state index in [4.69, 9.17) is 0 Å². The van der Waals surface area contributed by atoms with Crippen LogP contribution >= 0.6 is 0 Å². The summed E-state index contributed by atoms with van der Waals surface area (Å²) in [5.41, 5.74) is -1.46. The lowest BCUT2D eigenvalue weighted by molar-refractivity contribution is -0.422. The van der Waals surface area contributed by atoms with Crippen LogP contribution in [0.3, 0.4) is 0 Å².